The zero-order valence-corrected chi connectivity index (χ0v) is 15.4. The lowest BCUT2D eigenvalue weighted by molar-refractivity contribution is -0.384. The topological polar surface area (TPSA) is 117 Å². The molecule has 9 nitrogen and oxygen atoms in total. The van der Waals surface area contributed by atoms with E-state index < -0.39 is 22.9 Å². The molecule has 0 saturated heterocycles. The van der Waals surface area contributed by atoms with Crippen LogP contribution in [0.4, 0.5) is 11.4 Å². The summed E-state index contributed by atoms with van der Waals surface area (Å²) in [5, 5.41) is 13.2. The van der Waals surface area contributed by atoms with Crippen LogP contribution >= 0.6 is 11.6 Å². The predicted octanol–water partition coefficient (Wildman–Crippen LogP) is 3.20. The number of fused-ring (bicyclic) bond motifs is 1. The van der Waals surface area contributed by atoms with Crippen LogP contribution in [0.25, 0.3) is 0 Å². The maximum atomic E-state index is 12.3. The average molecular weight is 407 g/mol. The number of halogens is 1. The number of rotatable bonds is 5. The van der Waals surface area contributed by atoms with Gasteiger partial charge in [-0.25, -0.2) is 4.79 Å². The molecule has 1 heterocycles. The van der Waals surface area contributed by atoms with E-state index in [9.17, 15) is 19.7 Å². The van der Waals surface area contributed by atoms with E-state index in [2.05, 4.69) is 5.32 Å². The maximum absolute atomic E-state index is 12.3. The Bertz CT molecular complexity index is 948. The van der Waals surface area contributed by atoms with Gasteiger partial charge in [0, 0.05) is 12.1 Å². The molecule has 1 amide bonds. The highest BCUT2D eigenvalue weighted by atomic mass is 35.5. The second kappa shape index (κ2) is 8.13. The van der Waals surface area contributed by atoms with Gasteiger partial charge in [0.05, 0.1) is 21.2 Å². The molecular weight excluding hydrogens is 392 g/mol. The smallest absolute Gasteiger partial charge is 0.339 e. The van der Waals surface area contributed by atoms with Gasteiger partial charge in [-0.1, -0.05) is 11.6 Å². The number of non-ortho nitro benzene ring substituents is 1. The Labute approximate surface area is 164 Å². The molecule has 0 aromatic heterocycles. The van der Waals surface area contributed by atoms with Gasteiger partial charge in [0.2, 0.25) is 0 Å². The molecule has 0 saturated carbocycles. The molecule has 1 atom stereocenters. The van der Waals surface area contributed by atoms with Crippen molar-refractivity contribution in [3.63, 3.8) is 0 Å². The minimum atomic E-state index is -1.13. The Morgan fingerprint density at radius 2 is 1.89 bits per heavy atom. The highest BCUT2D eigenvalue weighted by Gasteiger charge is 2.22. The quantitative estimate of drug-likeness (QED) is 0.460. The molecule has 0 bridgehead atoms. The van der Waals surface area contributed by atoms with E-state index in [-0.39, 0.29) is 22.0 Å². The summed E-state index contributed by atoms with van der Waals surface area (Å²) >= 11 is 5.94. The Balaban J connectivity index is 1.64. The fourth-order valence-electron chi connectivity index (χ4n) is 2.41. The molecule has 28 heavy (non-hydrogen) atoms. The van der Waals surface area contributed by atoms with Crippen LogP contribution in [-0.2, 0) is 9.53 Å². The molecule has 0 aliphatic carbocycles. The predicted molar refractivity (Wildman–Crippen MR) is 99.0 cm³/mol. The van der Waals surface area contributed by atoms with Crippen molar-refractivity contribution in [1.29, 1.82) is 0 Å². The highest BCUT2D eigenvalue weighted by Crippen LogP contribution is 2.31. The second-order valence-corrected chi connectivity index (χ2v) is 6.22. The Kier molecular flexibility index (Phi) is 5.65. The number of nitrogens with zero attached hydrogens (tertiary/aromatic N) is 1. The number of carbonyl (C=O) groups is 2. The van der Waals surface area contributed by atoms with E-state index in [1.807, 2.05) is 0 Å². The zero-order valence-electron chi connectivity index (χ0n) is 14.6. The summed E-state index contributed by atoms with van der Waals surface area (Å²) in [5.41, 5.74) is 0.165. The fraction of sp³-hybridized carbons (Fsp3) is 0.222. The first-order chi connectivity index (χ1) is 13.3. The molecule has 10 heteroatoms. The third kappa shape index (κ3) is 4.32. The number of hydrogen-bond donors (Lipinski definition) is 1. The molecule has 3 rings (SSSR count). The molecule has 146 valence electrons. The number of nitro benzene ring substituents is 1. The Morgan fingerprint density at radius 1 is 1.18 bits per heavy atom. The van der Waals surface area contributed by atoms with Crippen molar-refractivity contribution in [3.05, 3.63) is 57.1 Å². The van der Waals surface area contributed by atoms with E-state index in [4.69, 9.17) is 25.8 Å². The van der Waals surface area contributed by atoms with Gasteiger partial charge >= 0.3 is 5.97 Å². The average Bonchev–Trinajstić information content (AvgIpc) is 2.68. The van der Waals surface area contributed by atoms with Crippen LogP contribution in [0.1, 0.15) is 17.3 Å². The number of anilines is 1. The Morgan fingerprint density at radius 3 is 2.57 bits per heavy atom. The molecule has 0 fully saturated rings. The standard InChI is InChI=1S/C18H15ClN2O7/c1-10(17(22)20-14-4-3-12(21(24)25)9-13(14)19)28-18(23)11-2-5-15-16(8-11)27-7-6-26-15/h2-5,8-10H,6-7H2,1H3,(H,20,22). The lowest BCUT2D eigenvalue weighted by atomic mass is 10.2. The Hall–Kier alpha value is -3.33. The van der Waals surface area contributed by atoms with Gasteiger partial charge in [-0.3, -0.25) is 14.9 Å². The van der Waals surface area contributed by atoms with Crippen LogP contribution in [0.3, 0.4) is 0 Å². The number of amides is 1. The van der Waals surface area contributed by atoms with Crippen molar-refractivity contribution in [1.82, 2.24) is 0 Å². The third-order valence-corrected chi connectivity index (χ3v) is 4.16. The lowest BCUT2D eigenvalue weighted by Gasteiger charge is -2.19. The van der Waals surface area contributed by atoms with Crippen LogP contribution < -0.4 is 14.8 Å². The minimum Gasteiger partial charge on any atom is -0.486 e. The molecule has 1 unspecified atom stereocenters. The molecule has 2 aromatic carbocycles. The summed E-state index contributed by atoms with van der Waals surface area (Å²) in [6.45, 7) is 2.20. The molecule has 0 spiro atoms. The number of nitrogens with one attached hydrogen (secondary N) is 1. The van der Waals surface area contributed by atoms with Gasteiger partial charge in [-0.15, -0.1) is 0 Å². The first-order valence-corrected chi connectivity index (χ1v) is 8.58. The summed E-state index contributed by atoms with van der Waals surface area (Å²) < 4.78 is 16.0. The SMILES string of the molecule is CC(OC(=O)c1ccc2c(c1)OCCO2)C(=O)Nc1ccc([N+](=O)[O-])cc1Cl. The first-order valence-electron chi connectivity index (χ1n) is 8.20. The summed E-state index contributed by atoms with van der Waals surface area (Å²) in [6, 6.07) is 8.19. The van der Waals surface area contributed by atoms with Gasteiger partial charge in [-0.2, -0.15) is 0 Å². The van der Waals surface area contributed by atoms with Crippen LogP contribution in [0.2, 0.25) is 5.02 Å². The van der Waals surface area contributed by atoms with Gasteiger partial charge < -0.3 is 19.5 Å². The first kappa shape index (κ1) is 19.4. The van der Waals surface area contributed by atoms with Crippen LogP contribution in [0, 0.1) is 10.1 Å². The summed E-state index contributed by atoms with van der Waals surface area (Å²) in [6.07, 6.45) is -1.13. The van der Waals surface area contributed by atoms with Crippen molar-refractivity contribution in [2.24, 2.45) is 0 Å². The summed E-state index contributed by atoms with van der Waals surface area (Å²) in [5.74, 6) is -0.395. The van der Waals surface area contributed by atoms with E-state index in [1.54, 1.807) is 6.07 Å². The fourth-order valence-corrected chi connectivity index (χ4v) is 2.63. The minimum absolute atomic E-state index is 0.00656. The third-order valence-electron chi connectivity index (χ3n) is 3.85. The van der Waals surface area contributed by atoms with Crippen molar-refractivity contribution in [2.45, 2.75) is 13.0 Å². The zero-order chi connectivity index (χ0) is 20.3. The molecule has 0 radical (unpaired) electrons. The van der Waals surface area contributed by atoms with E-state index in [1.165, 1.54) is 31.2 Å². The van der Waals surface area contributed by atoms with E-state index >= 15 is 0 Å². The molecule has 1 N–H and O–H groups in total. The van der Waals surface area contributed by atoms with Gasteiger partial charge in [-0.05, 0) is 31.2 Å². The lowest BCUT2D eigenvalue weighted by Crippen LogP contribution is -2.30. The van der Waals surface area contributed by atoms with E-state index in [0.29, 0.717) is 24.7 Å². The van der Waals surface area contributed by atoms with Crippen molar-refractivity contribution in [3.8, 4) is 11.5 Å². The van der Waals surface area contributed by atoms with Crippen LogP contribution in [0.15, 0.2) is 36.4 Å². The summed E-state index contributed by atoms with van der Waals surface area (Å²) in [7, 11) is 0. The van der Waals surface area contributed by atoms with E-state index in [0.717, 1.165) is 6.07 Å². The molecule has 1 aliphatic heterocycles. The number of ether oxygens (including phenoxy) is 3. The number of esters is 1. The largest absolute Gasteiger partial charge is 0.486 e. The highest BCUT2D eigenvalue weighted by molar-refractivity contribution is 6.34. The number of benzene rings is 2. The molecular formula is C18H15ClN2O7. The molecule has 1 aliphatic rings. The van der Waals surface area contributed by atoms with Gasteiger partial charge in [0.1, 0.15) is 13.2 Å². The van der Waals surface area contributed by atoms with Crippen LogP contribution in [-0.4, -0.2) is 36.1 Å². The summed E-state index contributed by atoms with van der Waals surface area (Å²) in [4.78, 5) is 34.7. The number of nitro groups is 1. The van der Waals surface area contributed by atoms with Crippen molar-refractivity contribution in [2.75, 3.05) is 18.5 Å². The van der Waals surface area contributed by atoms with Gasteiger partial charge in [0.15, 0.2) is 17.6 Å². The normalized spacial score (nSPS) is 13.4. The maximum Gasteiger partial charge on any atom is 0.339 e. The monoisotopic (exact) mass is 406 g/mol. The van der Waals surface area contributed by atoms with Gasteiger partial charge in [0.25, 0.3) is 11.6 Å². The van der Waals surface area contributed by atoms with Crippen molar-refractivity contribution < 1.29 is 28.7 Å². The van der Waals surface area contributed by atoms with Crippen LogP contribution in [0.5, 0.6) is 11.5 Å². The second-order valence-electron chi connectivity index (χ2n) is 5.82. The number of hydrogen-bond acceptors (Lipinski definition) is 7. The number of carbonyl (C=O) groups excluding carboxylic acids is 2. The molecule has 2 aromatic rings. The van der Waals surface area contributed by atoms with Crippen molar-refractivity contribution >= 4 is 34.9 Å².